The van der Waals surface area contributed by atoms with E-state index in [1.807, 2.05) is 0 Å². The van der Waals surface area contributed by atoms with Crippen molar-refractivity contribution in [2.24, 2.45) is 5.11 Å². The van der Waals surface area contributed by atoms with Crippen LogP contribution in [0.3, 0.4) is 0 Å². The second kappa shape index (κ2) is 5.92. The zero-order valence-corrected chi connectivity index (χ0v) is 13.3. The first-order valence-electron chi connectivity index (χ1n) is 7.88. The van der Waals surface area contributed by atoms with E-state index in [0.29, 0.717) is 0 Å². The van der Waals surface area contributed by atoms with E-state index in [1.165, 1.54) is 6.42 Å². The Morgan fingerprint density at radius 1 is 1.05 bits per heavy atom. The smallest absolute Gasteiger partial charge is 0.0878 e. The Balaban J connectivity index is 2.14. The molecule has 2 fully saturated rings. The molecule has 0 aromatic carbocycles. The molecule has 114 valence electrons. The molecule has 1 aliphatic carbocycles. The van der Waals surface area contributed by atoms with Gasteiger partial charge in [0.25, 0.3) is 0 Å². The van der Waals surface area contributed by atoms with Crippen LogP contribution in [0.2, 0.25) is 0 Å². The third kappa shape index (κ3) is 3.27. The highest BCUT2D eigenvalue weighted by Gasteiger charge is 2.44. The Labute approximate surface area is 122 Å². The molecule has 5 heteroatoms. The molecule has 0 aromatic rings. The number of nitrogens with zero attached hydrogens (tertiary/aromatic N) is 4. The molecule has 5 nitrogen and oxygen atoms in total. The monoisotopic (exact) mass is 280 g/mol. The van der Waals surface area contributed by atoms with Gasteiger partial charge in [-0.2, -0.15) is 5.06 Å². The quantitative estimate of drug-likeness (QED) is 0.431. The van der Waals surface area contributed by atoms with Crippen LogP contribution < -0.4 is 0 Å². The molecule has 1 saturated heterocycles. The summed E-state index contributed by atoms with van der Waals surface area (Å²) in [7, 11) is 0. The van der Waals surface area contributed by atoms with Crippen LogP contribution >= 0.6 is 0 Å². The van der Waals surface area contributed by atoms with Crippen molar-refractivity contribution in [3.63, 3.8) is 0 Å². The van der Waals surface area contributed by atoms with Crippen LogP contribution in [-0.4, -0.2) is 28.3 Å². The van der Waals surface area contributed by atoms with Gasteiger partial charge in [-0.3, -0.25) is 4.84 Å². The van der Waals surface area contributed by atoms with E-state index in [0.717, 1.165) is 38.5 Å². The fraction of sp³-hybridized carbons (Fsp3) is 1.00. The van der Waals surface area contributed by atoms with Gasteiger partial charge in [-0.05, 0) is 65.3 Å². The lowest BCUT2D eigenvalue weighted by Gasteiger charge is -2.53. The second-order valence-corrected chi connectivity index (χ2v) is 7.47. The summed E-state index contributed by atoms with van der Waals surface area (Å²) in [6, 6.07) is -0.0118. The van der Waals surface area contributed by atoms with Crippen molar-refractivity contribution in [3.05, 3.63) is 10.4 Å². The topological polar surface area (TPSA) is 61.2 Å². The van der Waals surface area contributed by atoms with Gasteiger partial charge in [0, 0.05) is 16.0 Å². The van der Waals surface area contributed by atoms with Gasteiger partial charge in [0.2, 0.25) is 0 Å². The van der Waals surface area contributed by atoms with E-state index in [2.05, 4.69) is 42.8 Å². The van der Waals surface area contributed by atoms with Crippen LogP contribution in [-0.2, 0) is 4.84 Å². The number of azide groups is 1. The summed E-state index contributed by atoms with van der Waals surface area (Å²) in [5, 5.41) is 6.15. The van der Waals surface area contributed by atoms with Gasteiger partial charge in [0.15, 0.2) is 0 Å². The number of hydroxylamine groups is 2. The molecule has 2 rings (SSSR count). The molecule has 20 heavy (non-hydrogen) atoms. The Bertz CT molecular complexity index is 371. The lowest BCUT2D eigenvalue weighted by Crippen LogP contribution is -2.60. The van der Waals surface area contributed by atoms with Crippen LogP contribution in [0.1, 0.15) is 72.6 Å². The minimum absolute atomic E-state index is 0.0118. The minimum atomic E-state index is -0.0118. The third-order valence-corrected chi connectivity index (χ3v) is 4.79. The normalized spacial score (nSPS) is 33.4. The van der Waals surface area contributed by atoms with Gasteiger partial charge < -0.3 is 0 Å². The molecule has 0 radical (unpaired) electrons. The molecule has 0 amide bonds. The predicted octanol–water partition coefficient (Wildman–Crippen LogP) is 4.58. The summed E-state index contributed by atoms with van der Waals surface area (Å²) in [6.07, 6.45) is 7.81. The van der Waals surface area contributed by atoms with Crippen molar-refractivity contribution in [2.45, 2.75) is 95.9 Å². The van der Waals surface area contributed by atoms with Crippen molar-refractivity contribution in [2.75, 3.05) is 0 Å². The number of hydrogen-bond acceptors (Lipinski definition) is 3. The van der Waals surface area contributed by atoms with Gasteiger partial charge >= 0.3 is 0 Å². The molecule has 0 unspecified atom stereocenters. The molecule has 2 aliphatic rings. The molecule has 1 aliphatic heterocycles. The van der Waals surface area contributed by atoms with Crippen molar-refractivity contribution in [1.29, 1.82) is 0 Å². The average molecular weight is 280 g/mol. The zero-order chi connectivity index (χ0) is 14.8. The molecular weight excluding hydrogens is 252 g/mol. The van der Waals surface area contributed by atoms with E-state index in [1.54, 1.807) is 0 Å². The first-order chi connectivity index (χ1) is 9.37. The fourth-order valence-corrected chi connectivity index (χ4v) is 3.80. The predicted molar refractivity (Wildman–Crippen MR) is 80.1 cm³/mol. The zero-order valence-electron chi connectivity index (χ0n) is 13.3. The minimum Gasteiger partial charge on any atom is -0.294 e. The first-order valence-corrected chi connectivity index (χ1v) is 7.88. The van der Waals surface area contributed by atoms with Crippen LogP contribution in [0.15, 0.2) is 5.11 Å². The van der Waals surface area contributed by atoms with Crippen molar-refractivity contribution in [3.8, 4) is 0 Å². The number of piperidine rings is 1. The van der Waals surface area contributed by atoms with Gasteiger partial charge in [-0.1, -0.05) is 18.0 Å². The summed E-state index contributed by atoms with van der Waals surface area (Å²) in [5.74, 6) is 0. The average Bonchev–Trinajstić information content (AvgIpc) is 2.35. The maximum absolute atomic E-state index is 8.74. The van der Waals surface area contributed by atoms with Gasteiger partial charge in [-0.15, -0.1) is 0 Å². The molecule has 0 aromatic heterocycles. The molecule has 1 heterocycles. The largest absolute Gasteiger partial charge is 0.294 e. The lowest BCUT2D eigenvalue weighted by atomic mass is 9.82. The second-order valence-electron chi connectivity index (χ2n) is 7.47. The SMILES string of the molecule is CC1(C)CCCC(C)(C)N1O[C@H]1CCCC[C@@H]1N=[N+]=[N-]. The lowest BCUT2D eigenvalue weighted by molar-refractivity contribution is -0.310. The molecule has 0 spiro atoms. The summed E-state index contributed by atoms with van der Waals surface area (Å²) in [5.41, 5.74) is 8.82. The Kier molecular flexibility index (Phi) is 4.62. The maximum atomic E-state index is 8.74. The first kappa shape index (κ1) is 15.6. The molecule has 0 bridgehead atoms. The molecule has 1 saturated carbocycles. The van der Waals surface area contributed by atoms with Crippen molar-refractivity contribution in [1.82, 2.24) is 5.06 Å². The third-order valence-electron chi connectivity index (χ3n) is 4.79. The standard InChI is InChI=1S/C15H28N4O/c1-14(2)10-7-11-15(3,4)19(14)20-13-9-6-5-8-12(13)17-18-16/h12-13H,5-11H2,1-4H3/t12-,13-/m0/s1. The van der Waals surface area contributed by atoms with E-state index >= 15 is 0 Å². The summed E-state index contributed by atoms with van der Waals surface area (Å²) < 4.78 is 0. The summed E-state index contributed by atoms with van der Waals surface area (Å²) in [4.78, 5) is 9.40. The van der Waals surface area contributed by atoms with Crippen molar-refractivity contribution >= 4 is 0 Å². The van der Waals surface area contributed by atoms with Crippen LogP contribution in [0.5, 0.6) is 0 Å². The highest BCUT2D eigenvalue weighted by molar-refractivity contribution is 4.94. The van der Waals surface area contributed by atoms with Gasteiger partial charge in [0.1, 0.15) is 0 Å². The molecule has 2 atom stereocenters. The summed E-state index contributed by atoms with van der Waals surface area (Å²) in [6.45, 7) is 9.00. The Hall–Kier alpha value is -0.770. The van der Waals surface area contributed by atoms with Gasteiger partial charge in [-0.25, -0.2) is 0 Å². The van der Waals surface area contributed by atoms with Gasteiger partial charge in [0.05, 0.1) is 12.1 Å². The highest BCUT2D eigenvalue weighted by Crippen LogP contribution is 2.40. The number of rotatable bonds is 3. The Morgan fingerprint density at radius 3 is 2.25 bits per heavy atom. The van der Waals surface area contributed by atoms with Crippen LogP contribution in [0.4, 0.5) is 0 Å². The van der Waals surface area contributed by atoms with E-state index in [9.17, 15) is 0 Å². The van der Waals surface area contributed by atoms with Crippen LogP contribution in [0, 0.1) is 0 Å². The highest BCUT2D eigenvalue weighted by atomic mass is 16.7. The molecular formula is C15H28N4O. The van der Waals surface area contributed by atoms with E-state index < -0.39 is 0 Å². The fourth-order valence-electron chi connectivity index (χ4n) is 3.80. The Morgan fingerprint density at radius 2 is 1.65 bits per heavy atom. The van der Waals surface area contributed by atoms with Crippen molar-refractivity contribution < 1.29 is 4.84 Å². The number of hydrogen-bond donors (Lipinski definition) is 0. The molecule has 0 N–H and O–H groups in total. The van der Waals surface area contributed by atoms with E-state index in [-0.39, 0.29) is 23.2 Å². The van der Waals surface area contributed by atoms with Crippen LogP contribution in [0.25, 0.3) is 10.4 Å². The maximum Gasteiger partial charge on any atom is 0.0878 e. The van der Waals surface area contributed by atoms with E-state index in [4.69, 9.17) is 10.4 Å². The summed E-state index contributed by atoms with van der Waals surface area (Å²) >= 11 is 0.